The fourth-order valence-electron chi connectivity index (χ4n) is 2.03. The molecule has 0 fully saturated rings. The Morgan fingerprint density at radius 3 is 2.56 bits per heavy atom. The molecule has 1 aliphatic carbocycles. The highest BCUT2D eigenvalue weighted by molar-refractivity contribution is 7.88. The average Bonchev–Trinajstić information content (AvgIpc) is 2.32. The van der Waals surface area contributed by atoms with Gasteiger partial charge in [-0.1, -0.05) is 24.3 Å². The summed E-state index contributed by atoms with van der Waals surface area (Å²) in [5.74, 6) is 0.00743. The summed E-state index contributed by atoms with van der Waals surface area (Å²) in [7, 11) is -3.27. The van der Waals surface area contributed by atoms with Crippen molar-refractivity contribution in [3.05, 3.63) is 42.0 Å². The summed E-state index contributed by atoms with van der Waals surface area (Å²) in [5.41, 5.74) is 6.96. The van der Waals surface area contributed by atoms with Gasteiger partial charge in [-0.05, 0) is 37.0 Å². The Labute approximate surface area is 108 Å². The lowest BCUT2D eigenvalue weighted by atomic mass is 10.0. The molecule has 18 heavy (non-hydrogen) atoms. The minimum atomic E-state index is -3.27. The molecule has 3 N–H and O–H groups in total. The lowest BCUT2D eigenvalue weighted by Gasteiger charge is -2.19. The second-order valence-corrected chi connectivity index (χ2v) is 6.35. The molecule has 2 rings (SSSR count). The molecular weight excluding hydrogens is 248 g/mol. The van der Waals surface area contributed by atoms with Crippen molar-refractivity contribution in [2.24, 2.45) is 0 Å². The maximum atomic E-state index is 12.0. The molecule has 1 aliphatic rings. The Balaban J connectivity index is 1.98. The maximum Gasteiger partial charge on any atom is 0.216 e. The van der Waals surface area contributed by atoms with Crippen LogP contribution in [0.1, 0.15) is 24.8 Å². The highest BCUT2D eigenvalue weighted by Crippen LogP contribution is 2.14. The smallest absolute Gasteiger partial charge is 0.216 e. The van der Waals surface area contributed by atoms with Crippen molar-refractivity contribution in [3.63, 3.8) is 0 Å². The molecule has 1 aromatic rings. The molecule has 0 amide bonds. The number of allylic oxidation sites excluding steroid dienone is 1. The molecule has 0 aromatic heterocycles. The molecule has 5 heteroatoms. The number of nitrogen functional groups attached to an aromatic ring is 1. The Kier molecular flexibility index (Phi) is 4.04. The summed E-state index contributed by atoms with van der Waals surface area (Å²) in [4.78, 5) is 0. The summed E-state index contributed by atoms with van der Waals surface area (Å²) < 4.78 is 26.7. The number of sulfonamides is 1. The second-order valence-electron chi connectivity index (χ2n) is 4.60. The molecule has 1 unspecified atom stereocenters. The van der Waals surface area contributed by atoms with E-state index in [2.05, 4.69) is 10.8 Å². The van der Waals surface area contributed by atoms with Crippen LogP contribution in [0.4, 0.5) is 5.69 Å². The number of anilines is 1. The van der Waals surface area contributed by atoms with Gasteiger partial charge < -0.3 is 5.73 Å². The van der Waals surface area contributed by atoms with E-state index in [0.29, 0.717) is 5.69 Å². The first-order valence-electron chi connectivity index (χ1n) is 6.04. The van der Waals surface area contributed by atoms with Crippen LogP contribution in [0.2, 0.25) is 0 Å². The Morgan fingerprint density at radius 1 is 1.22 bits per heavy atom. The van der Waals surface area contributed by atoms with Crippen molar-refractivity contribution in [1.29, 1.82) is 0 Å². The van der Waals surface area contributed by atoms with Gasteiger partial charge >= 0.3 is 0 Å². The zero-order chi connectivity index (χ0) is 13.0. The summed E-state index contributed by atoms with van der Waals surface area (Å²) in [6, 6.07) is 6.96. The van der Waals surface area contributed by atoms with Crippen LogP contribution in [-0.2, 0) is 15.8 Å². The Bertz CT molecular complexity index is 520. The van der Waals surface area contributed by atoms with Crippen LogP contribution in [0.15, 0.2) is 36.4 Å². The van der Waals surface area contributed by atoms with E-state index in [1.165, 1.54) is 0 Å². The molecule has 0 aliphatic heterocycles. The summed E-state index contributed by atoms with van der Waals surface area (Å²) in [6.45, 7) is 0. The molecule has 98 valence electrons. The van der Waals surface area contributed by atoms with Crippen molar-refractivity contribution in [1.82, 2.24) is 4.72 Å². The van der Waals surface area contributed by atoms with Crippen molar-refractivity contribution in [3.8, 4) is 0 Å². The van der Waals surface area contributed by atoms with Crippen LogP contribution in [0.3, 0.4) is 0 Å². The molecule has 4 nitrogen and oxygen atoms in total. The van der Waals surface area contributed by atoms with Gasteiger partial charge in [-0.3, -0.25) is 0 Å². The number of hydrogen-bond donors (Lipinski definition) is 2. The summed E-state index contributed by atoms with van der Waals surface area (Å²) >= 11 is 0. The Morgan fingerprint density at radius 2 is 1.94 bits per heavy atom. The summed E-state index contributed by atoms with van der Waals surface area (Å²) in [5, 5.41) is 0. The predicted molar refractivity (Wildman–Crippen MR) is 73.4 cm³/mol. The van der Waals surface area contributed by atoms with Gasteiger partial charge in [-0.15, -0.1) is 0 Å². The molecule has 1 aromatic carbocycles. The average molecular weight is 266 g/mol. The van der Waals surface area contributed by atoms with Crippen molar-refractivity contribution in [2.45, 2.75) is 31.1 Å². The van der Waals surface area contributed by atoms with Crippen molar-refractivity contribution in [2.75, 3.05) is 5.73 Å². The van der Waals surface area contributed by atoms with Crippen LogP contribution in [0.5, 0.6) is 0 Å². The van der Waals surface area contributed by atoms with E-state index >= 15 is 0 Å². The lowest BCUT2D eigenvalue weighted by molar-refractivity contribution is 0.522. The van der Waals surface area contributed by atoms with Crippen LogP contribution in [0.25, 0.3) is 0 Å². The van der Waals surface area contributed by atoms with E-state index < -0.39 is 10.0 Å². The van der Waals surface area contributed by atoms with E-state index in [1.54, 1.807) is 24.3 Å². The third-order valence-corrected chi connectivity index (χ3v) is 4.36. The Hall–Kier alpha value is -1.33. The van der Waals surface area contributed by atoms with E-state index in [1.807, 2.05) is 6.08 Å². The molecular formula is C13H18N2O2S. The SMILES string of the molecule is Nc1ccc(CS(=O)(=O)NC2CC=CCC2)cc1. The molecule has 0 saturated carbocycles. The first kappa shape index (κ1) is 13.1. The van der Waals surface area contributed by atoms with Crippen molar-refractivity contribution < 1.29 is 8.42 Å². The molecule has 0 saturated heterocycles. The second kappa shape index (κ2) is 5.54. The van der Waals surface area contributed by atoms with Gasteiger partial charge in [0, 0.05) is 11.7 Å². The molecule has 0 radical (unpaired) electrons. The maximum absolute atomic E-state index is 12.0. The summed E-state index contributed by atoms with van der Waals surface area (Å²) in [6.07, 6.45) is 6.71. The van der Waals surface area contributed by atoms with Crippen LogP contribution < -0.4 is 10.5 Å². The zero-order valence-electron chi connectivity index (χ0n) is 10.2. The zero-order valence-corrected chi connectivity index (χ0v) is 11.0. The van der Waals surface area contributed by atoms with Crippen LogP contribution in [-0.4, -0.2) is 14.5 Å². The third kappa shape index (κ3) is 3.85. The molecule has 0 bridgehead atoms. The van der Waals surface area contributed by atoms with Gasteiger partial charge in [0.05, 0.1) is 5.75 Å². The largest absolute Gasteiger partial charge is 0.399 e. The van der Waals surface area contributed by atoms with Gasteiger partial charge in [0.25, 0.3) is 0 Å². The quantitative estimate of drug-likeness (QED) is 0.644. The molecule has 0 heterocycles. The first-order valence-corrected chi connectivity index (χ1v) is 7.70. The fraction of sp³-hybridized carbons (Fsp3) is 0.385. The fourth-order valence-corrected chi connectivity index (χ4v) is 3.47. The van der Waals surface area contributed by atoms with Crippen molar-refractivity contribution >= 4 is 15.7 Å². The number of rotatable bonds is 4. The normalized spacial score (nSPS) is 19.9. The number of benzene rings is 1. The molecule has 1 atom stereocenters. The highest BCUT2D eigenvalue weighted by Gasteiger charge is 2.18. The topological polar surface area (TPSA) is 72.2 Å². The minimum Gasteiger partial charge on any atom is -0.399 e. The van der Waals surface area contributed by atoms with Crippen LogP contribution in [0, 0.1) is 0 Å². The number of hydrogen-bond acceptors (Lipinski definition) is 3. The minimum absolute atomic E-state index is 0.00743. The predicted octanol–water partition coefficient (Wildman–Crippen LogP) is 1.80. The van der Waals surface area contributed by atoms with Gasteiger partial charge in [0.2, 0.25) is 10.0 Å². The van der Waals surface area contributed by atoms with E-state index in [4.69, 9.17) is 5.73 Å². The number of nitrogens with one attached hydrogen (secondary N) is 1. The van der Waals surface area contributed by atoms with E-state index in [-0.39, 0.29) is 11.8 Å². The molecule has 0 spiro atoms. The van der Waals surface area contributed by atoms with Crippen LogP contribution >= 0.6 is 0 Å². The van der Waals surface area contributed by atoms with Gasteiger partial charge in [-0.2, -0.15) is 0 Å². The standard InChI is InChI=1S/C13H18N2O2S/c14-12-8-6-11(7-9-12)10-18(16,17)15-13-4-2-1-3-5-13/h1-2,6-9,13,15H,3-5,10,14H2. The first-order chi connectivity index (χ1) is 8.55. The van der Waals surface area contributed by atoms with Gasteiger partial charge in [-0.25, -0.2) is 13.1 Å². The lowest BCUT2D eigenvalue weighted by Crippen LogP contribution is -2.36. The third-order valence-electron chi connectivity index (χ3n) is 2.95. The number of nitrogens with two attached hydrogens (primary N) is 1. The monoisotopic (exact) mass is 266 g/mol. The highest BCUT2D eigenvalue weighted by atomic mass is 32.2. The van der Waals surface area contributed by atoms with Gasteiger partial charge in [0.1, 0.15) is 0 Å². The van der Waals surface area contributed by atoms with E-state index in [9.17, 15) is 8.42 Å². The van der Waals surface area contributed by atoms with E-state index in [0.717, 1.165) is 24.8 Å². The van der Waals surface area contributed by atoms with Gasteiger partial charge in [0.15, 0.2) is 0 Å².